The van der Waals surface area contributed by atoms with Gasteiger partial charge in [-0.15, -0.1) is 0 Å². The molecule has 21 heavy (non-hydrogen) atoms. The van der Waals surface area contributed by atoms with E-state index in [1.165, 1.54) is 0 Å². The van der Waals surface area contributed by atoms with Crippen LogP contribution in [0.4, 0.5) is 5.69 Å². The summed E-state index contributed by atoms with van der Waals surface area (Å²) < 4.78 is 5.55. The largest absolute Gasteiger partial charge is 0.467 e. The number of rotatable bonds is 4. The second-order valence-electron chi connectivity index (χ2n) is 4.60. The summed E-state index contributed by atoms with van der Waals surface area (Å²) in [5.74, 6) is 0.817. The van der Waals surface area contributed by atoms with Gasteiger partial charge in [0.15, 0.2) is 0 Å². The zero-order chi connectivity index (χ0) is 14.7. The Kier molecular flexibility index (Phi) is 4.18. The molecule has 0 aliphatic heterocycles. The molecule has 4 heteroatoms. The van der Waals surface area contributed by atoms with Crippen molar-refractivity contribution >= 4 is 28.9 Å². The van der Waals surface area contributed by atoms with Crippen LogP contribution in [-0.2, 0) is 0 Å². The Balaban J connectivity index is 1.99. The van der Waals surface area contributed by atoms with Gasteiger partial charge >= 0.3 is 0 Å². The molecule has 1 atom stereocenters. The molecule has 2 nitrogen and oxygen atoms in total. The molecule has 1 aromatic heterocycles. The summed E-state index contributed by atoms with van der Waals surface area (Å²) in [6, 6.07) is 19.2. The van der Waals surface area contributed by atoms with Gasteiger partial charge in [0.1, 0.15) is 11.8 Å². The lowest BCUT2D eigenvalue weighted by atomic mass is 10.0. The van der Waals surface area contributed by atoms with Gasteiger partial charge in [0.2, 0.25) is 0 Å². The Morgan fingerprint density at radius 2 is 1.67 bits per heavy atom. The summed E-state index contributed by atoms with van der Waals surface area (Å²) in [5, 5.41) is 4.42. The number of anilines is 1. The molecule has 0 bridgehead atoms. The number of furan rings is 1. The standard InChI is InChI=1S/C17H13Cl2NO/c18-13-8-4-9-14(16(13)19)20-17(15-10-5-11-21-15)12-6-2-1-3-7-12/h1-11,17,20H. The van der Waals surface area contributed by atoms with Crippen LogP contribution >= 0.6 is 23.2 Å². The lowest BCUT2D eigenvalue weighted by molar-refractivity contribution is 0.499. The van der Waals surface area contributed by atoms with Crippen molar-refractivity contribution in [2.75, 3.05) is 5.32 Å². The summed E-state index contributed by atoms with van der Waals surface area (Å²) in [5.41, 5.74) is 1.86. The van der Waals surface area contributed by atoms with Crippen molar-refractivity contribution in [2.45, 2.75) is 6.04 Å². The smallest absolute Gasteiger partial charge is 0.130 e. The Hall–Kier alpha value is -1.90. The van der Waals surface area contributed by atoms with Gasteiger partial charge < -0.3 is 9.73 Å². The number of benzene rings is 2. The molecule has 0 spiro atoms. The highest BCUT2D eigenvalue weighted by Gasteiger charge is 2.18. The van der Waals surface area contributed by atoms with E-state index >= 15 is 0 Å². The van der Waals surface area contributed by atoms with Crippen LogP contribution in [0.1, 0.15) is 17.4 Å². The van der Waals surface area contributed by atoms with Crippen molar-refractivity contribution in [1.82, 2.24) is 0 Å². The minimum absolute atomic E-state index is 0.128. The zero-order valence-corrected chi connectivity index (χ0v) is 12.6. The monoisotopic (exact) mass is 317 g/mol. The van der Waals surface area contributed by atoms with Crippen LogP contribution in [0.3, 0.4) is 0 Å². The molecule has 0 fully saturated rings. The van der Waals surface area contributed by atoms with E-state index in [4.69, 9.17) is 27.6 Å². The fraction of sp³-hybridized carbons (Fsp3) is 0.0588. The number of halogens is 2. The molecule has 1 heterocycles. The van der Waals surface area contributed by atoms with E-state index in [2.05, 4.69) is 5.32 Å². The molecule has 0 saturated carbocycles. The Bertz CT molecular complexity index is 711. The summed E-state index contributed by atoms with van der Waals surface area (Å²) >= 11 is 12.3. The van der Waals surface area contributed by atoms with E-state index in [0.717, 1.165) is 17.0 Å². The SMILES string of the molecule is Clc1cccc(NC(c2ccccc2)c2ccco2)c1Cl. The fourth-order valence-corrected chi connectivity index (χ4v) is 2.55. The predicted molar refractivity (Wildman–Crippen MR) is 87.1 cm³/mol. The first kappa shape index (κ1) is 14.1. The van der Waals surface area contributed by atoms with Crippen molar-refractivity contribution in [3.8, 4) is 0 Å². The van der Waals surface area contributed by atoms with Crippen LogP contribution in [-0.4, -0.2) is 0 Å². The van der Waals surface area contributed by atoms with Crippen LogP contribution < -0.4 is 5.32 Å². The maximum atomic E-state index is 6.26. The highest BCUT2D eigenvalue weighted by Crippen LogP contribution is 2.34. The molecular formula is C17H13Cl2NO. The van der Waals surface area contributed by atoms with Gasteiger partial charge in [0.25, 0.3) is 0 Å². The second-order valence-corrected chi connectivity index (χ2v) is 5.39. The summed E-state index contributed by atoms with van der Waals surface area (Å²) in [6.07, 6.45) is 1.66. The minimum atomic E-state index is -0.128. The van der Waals surface area contributed by atoms with E-state index in [9.17, 15) is 0 Å². The van der Waals surface area contributed by atoms with Crippen LogP contribution in [0.15, 0.2) is 71.3 Å². The van der Waals surface area contributed by atoms with E-state index in [1.807, 2.05) is 54.6 Å². The van der Waals surface area contributed by atoms with Crippen molar-refractivity contribution in [2.24, 2.45) is 0 Å². The van der Waals surface area contributed by atoms with Crippen molar-refractivity contribution in [3.63, 3.8) is 0 Å². The molecule has 2 aromatic carbocycles. The number of nitrogens with one attached hydrogen (secondary N) is 1. The van der Waals surface area contributed by atoms with Crippen LogP contribution in [0.5, 0.6) is 0 Å². The topological polar surface area (TPSA) is 25.2 Å². The first-order valence-corrected chi connectivity index (χ1v) is 7.30. The third-order valence-electron chi connectivity index (χ3n) is 3.21. The maximum Gasteiger partial charge on any atom is 0.130 e. The highest BCUT2D eigenvalue weighted by atomic mass is 35.5. The van der Waals surface area contributed by atoms with Gasteiger partial charge in [0, 0.05) is 0 Å². The number of hydrogen-bond donors (Lipinski definition) is 1. The lowest BCUT2D eigenvalue weighted by Gasteiger charge is -2.19. The summed E-state index contributed by atoms with van der Waals surface area (Å²) in [7, 11) is 0. The maximum absolute atomic E-state index is 6.26. The average Bonchev–Trinajstić information content (AvgIpc) is 3.04. The predicted octanol–water partition coefficient (Wildman–Crippen LogP) is 5.79. The molecular weight excluding hydrogens is 305 g/mol. The highest BCUT2D eigenvalue weighted by molar-refractivity contribution is 6.43. The van der Waals surface area contributed by atoms with Crippen molar-refractivity contribution < 1.29 is 4.42 Å². The van der Waals surface area contributed by atoms with E-state index in [1.54, 1.807) is 12.3 Å². The van der Waals surface area contributed by atoms with Gasteiger partial charge in [0.05, 0.1) is 22.0 Å². The quantitative estimate of drug-likeness (QED) is 0.659. The first-order chi connectivity index (χ1) is 10.3. The van der Waals surface area contributed by atoms with E-state index in [0.29, 0.717) is 10.0 Å². The Labute approximate surface area is 133 Å². The average molecular weight is 318 g/mol. The van der Waals surface area contributed by atoms with E-state index in [-0.39, 0.29) is 6.04 Å². The second kappa shape index (κ2) is 6.25. The van der Waals surface area contributed by atoms with Gasteiger partial charge in [-0.1, -0.05) is 59.6 Å². The minimum Gasteiger partial charge on any atom is -0.467 e. The number of hydrogen-bond acceptors (Lipinski definition) is 2. The van der Waals surface area contributed by atoms with Crippen LogP contribution in [0, 0.1) is 0 Å². The molecule has 0 aliphatic carbocycles. The fourth-order valence-electron chi connectivity index (χ4n) is 2.19. The third-order valence-corrected chi connectivity index (χ3v) is 4.03. The molecule has 0 aliphatic rings. The summed E-state index contributed by atoms with van der Waals surface area (Å²) in [6.45, 7) is 0. The molecule has 3 rings (SSSR count). The zero-order valence-electron chi connectivity index (χ0n) is 11.1. The molecule has 1 N–H and O–H groups in total. The molecule has 0 radical (unpaired) electrons. The van der Waals surface area contributed by atoms with E-state index < -0.39 is 0 Å². The first-order valence-electron chi connectivity index (χ1n) is 6.54. The lowest BCUT2D eigenvalue weighted by Crippen LogP contribution is -2.11. The Morgan fingerprint density at radius 1 is 0.857 bits per heavy atom. The summed E-state index contributed by atoms with van der Waals surface area (Å²) in [4.78, 5) is 0. The van der Waals surface area contributed by atoms with Gasteiger partial charge in [-0.05, 0) is 29.8 Å². The van der Waals surface area contributed by atoms with Crippen molar-refractivity contribution in [3.05, 3.63) is 88.3 Å². The van der Waals surface area contributed by atoms with Crippen molar-refractivity contribution in [1.29, 1.82) is 0 Å². The normalized spacial score (nSPS) is 12.1. The molecule has 0 amide bonds. The molecule has 106 valence electrons. The van der Waals surface area contributed by atoms with Gasteiger partial charge in [-0.2, -0.15) is 0 Å². The van der Waals surface area contributed by atoms with Crippen LogP contribution in [0.25, 0.3) is 0 Å². The molecule has 1 unspecified atom stereocenters. The molecule has 0 saturated heterocycles. The van der Waals surface area contributed by atoms with Gasteiger partial charge in [-0.25, -0.2) is 0 Å². The van der Waals surface area contributed by atoms with Gasteiger partial charge in [-0.3, -0.25) is 0 Å². The third kappa shape index (κ3) is 3.07. The Morgan fingerprint density at radius 3 is 2.38 bits per heavy atom. The molecule has 3 aromatic rings. The van der Waals surface area contributed by atoms with Crippen LogP contribution in [0.2, 0.25) is 10.0 Å².